The van der Waals surface area contributed by atoms with Gasteiger partial charge in [0.15, 0.2) is 0 Å². The van der Waals surface area contributed by atoms with Crippen LogP contribution in [0.3, 0.4) is 0 Å². The van der Waals surface area contributed by atoms with Gasteiger partial charge in [0.1, 0.15) is 5.54 Å². The van der Waals surface area contributed by atoms with Crippen molar-refractivity contribution in [3.05, 3.63) is 12.2 Å². The Balaban J connectivity index is 2.92. The van der Waals surface area contributed by atoms with E-state index in [9.17, 15) is 4.79 Å². The largest absolute Gasteiger partial charge is 0.468 e. The maximum absolute atomic E-state index is 11.9. The summed E-state index contributed by atoms with van der Waals surface area (Å²) in [4.78, 5) is 11.9. The predicted octanol–water partition coefficient (Wildman–Crippen LogP) is 1.09. The van der Waals surface area contributed by atoms with Crippen molar-refractivity contribution in [1.82, 2.24) is 5.32 Å². The molecule has 0 amide bonds. The minimum Gasteiger partial charge on any atom is -0.468 e. The summed E-state index contributed by atoms with van der Waals surface area (Å²) in [6, 6.07) is 0. The van der Waals surface area contributed by atoms with Crippen molar-refractivity contribution in [2.24, 2.45) is 0 Å². The molecule has 0 aromatic heterocycles. The monoisotopic (exact) mass is 247 g/mol. The second-order valence-corrected chi connectivity index (χ2v) is 4.23. The van der Waals surface area contributed by atoms with E-state index in [2.05, 4.69) is 11.9 Å². The van der Waals surface area contributed by atoms with Gasteiger partial charge in [-0.1, -0.05) is 12.2 Å². The molecule has 92 valence electrons. The van der Waals surface area contributed by atoms with Crippen LogP contribution >= 0.6 is 11.6 Å². The molecule has 0 aromatic carbocycles. The highest BCUT2D eigenvalue weighted by molar-refractivity contribution is 6.19. The summed E-state index contributed by atoms with van der Waals surface area (Å²) in [7, 11) is 2.97. The molecule has 4 nitrogen and oxygen atoms in total. The molecule has 1 rings (SSSR count). The maximum Gasteiger partial charge on any atom is 0.329 e. The highest BCUT2D eigenvalue weighted by Crippen LogP contribution is 2.30. The summed E-state index contributed by atoms with van der Waals surface area (Å²) in [5.74, 6) is 0.0137. The molecule has 1 fully saturated rings. The highest BCUT2D eigenvalue weighted by atomic mass is 35.5. The van der Waals surface area contributed by atoms with Crippen LogP contribution in [0.1, 0.15) is 12.8 Å². The Hall–Kier alpha value is -0.580. The number of nitrogens with one attached hydrogen (secondary N) is 1. The van der Waals surface area contributed by atoms with E-state index in [-0.39, 0.29) is 12.1 Å². The number of rotatable bonds is 5. The van der Waals surface area contributed by atoms with Gasteiger partial charge >= 0.3 is 5.97 Å². The van der Waals surface area contributed by atoms with Crippen molar-refractivity contribution in [2.75, 3.05) is 26.6 Å². The summed E-state index contributed by atoms with van der Waals surface area (Å²) in [6.07, 6.45) is 1.03. The van der Waals surface area contributed by atoms with Gasteiger partial charge in [-0.3, -0.25) is 5.32 Å². The van der Waals surface area contributed by atoms with Gasteiger partial charge in [-0.05, 0) is 13.0 Å². The third-order valence-electron chi connectivity index (χ3n) is 2.95. The smallest absolute Gasteiger partial charge is 0.329 e. The second-order valence-electron chi connectivity index (χ2n) is 3.96. The van der Waals surface area contributed by atoms with Crippen LogP contribution in [0.4, 0.5) is 0 Å². The zero-order valence-corrected chi connectivity index (χ0v) is 10.5. The molecule has 2 atom stereocenters. The van der Waals surface area contributed by atoms with E-state index < -0.39 is 5.54 Å². The lowest BCUT2D eigenvalue weighted by Gasteiger charge is -2.32. The Morgan fingerprint density at radius 2 is 2.31 bits per heavy atom. The first kappa shape index (κ1) is 13.5. The summed E-state index contributed by atoms with van der Waals surface area (Å²) in [5, 5.41) is 3.17. The lowest BCUT2D eigenvalue weighted by atomic mass is 9.87. The average molecular weight is 248 g/mol. The Morgan fingerprint density at radius 1 is 1.62 bits per heavy atom. The van der Waals surface area contributed by atoms with Gasteiger partial charge in [0.05, 0.1) is 13.2 Å². The van der Waals surface area contributed by atoms with Gasteiger partial charge in [0, 0.05) is 19.4 Å². The lowest BCUT2D eigenvalue weighted by Crippen LogP contribution is -2.56. The van der Waals surface area contributed by atoms with Gasteiger partial charge in [-0.2, -0.15) is 0 Å². The molecule has 16 heavy (non-hydrogen) atoms. The number of esters is 1. The van der Waals surface area contributed by atoms with E-state index in [1.54, 1.807) is 7.11 Å². The molecule has 0 saturated carbocycles. The van der Waals surface area contributed by atoms with Gasteiger partial charge in [0.2, 0.25) is 0 Å². The number of ether oxygens (including phenoxy) is 2. The number of hydrogen-bond donors (Lipinski definition) is 1. The van der Waals surface area contributed by atoms with Crippen LogP contribution in [0.15, 0.2) is 12.2 Å². The SMILES string of the molecule is C=C(CCl)CC1(C(=O)OC)NCC[C@@H]1OC. The van der Waals surface area contributed by atoms with Crippen molar-refractivity contribution >= 4 is 17.6 Å². The van der Waals surface area contributed by atoms with Crippen molar-refractivity contribution < 1.29 is 14.3 Å². The standard InChI is InChI=1S/C11H18ClNO3/c1-8(7-12)6-11(10(14)16-3)9(15-2)4-5-13-11/h9,13H,1,4-7H2,2-3H3/t9-,11?/m0/s1. The van der Waals surface area contributed by atoms with Crippen LogP contribution in [0, 0.1) is 0 Å². The predicted molar refractivity (Wildman–Crippen MR) is 62.6 cm³/mol. The number of carbonyl (C=O) groups excluding carboxylic acids is 1. The van der Waals surface area contributed by atoms with Crippen LogP contribution in [0.2, 0.25) is 0 Å². The fourth-order valence-corrected chi connectivity index (χ4v) is 2.28. The van der Waals surface area contributed by atoms with Crippen molar-refractivity contribution in [2.45, 2.75) is 24.5 Å². The molecule has 0 radical (unpaired) electrons. The molecule has 1 aliphatic rings. The molecule has 5 heteroatoms. The first-order chi connectivity index (χ1) is 7.60. The molecule has 0 bridgehead atoms. The topological polar surface area (TPSA) is 47.6 Å². The molecule has 0 aromatic rings. The first-order valence-electron chi connectivity index (χ1n) is 5.19. The summed E-state index contributed by atoms with van der Waals surface area (Å²) < 4.78 is 10.2. The molecular formula is C11H18ClNO3. The molecule has 0 aliphatic carbocycles. The molecule has 1 unspecified atom stereocenters. The van der Waals surface area contributed by atoms with E-state index in [0.717, 1.165) is 18.5 Å². The minimum absolute atomic E-state index is 0.195. The molecule has 1 aliphatic heterocycles. The highest BCUT2D eigenvalue weighted by Gasteiger charge is 2.50. The first-order valence-corrected chi connectivity index (χ1v) is 5.73. The zero-order chi connectivity index (χ0) is 12.2. The van der Waals surface area contributed by atoms with Crippen molar-refractivity contribution in [1.29, 1.82) is 0 Å². The van der Waals surface area contributed by atoms with Crippen LogP contribution in [-0.2, 0) is 14.3 Å². The van der Waals surface area contributed by atoms with Crippen LogP contribution in [0.5, 0.6) is 0 Å². The Labute approximate surface area is 101 Å². The summed E-state index contributed by atoms with van der Waals surface area (Å²) in [6.45, 7) is 4.56. The third-order valence-corrected chi connectivity index (χ3v) is 3.33. The average Bonchev–Trinajstić information content (AvgIpc) is 2.71. The van der Waals surface area contributed by atoms with Gasteiger partial charge in [-0.25, -0.2) is 4.79 Å². The maximum atomic E-state index is 11.9. The molecule has 1 N–H and O–H groups in total. The number of hydrogen-bond acceptors (Lipinski definition) is 4. The van der Waals surface area contributed by atoms with E-state index >= 15 is 0 Å². The molecular weight excluding hydrogens is 230 g/mol. The molecule has 0 spiro atoms. The van der Waals surface area contributed by atoms with E-state index in [1.165, 1.54) is 7.11 Å². The Kier molecular flexibility index (Phi) is 4.77. The number of carbonyl (C=O) groups is 1. The van der Waals surface area contributed by atoms with Crippen LogP contribution < -0.4 is 5.32 Å². The van der Waals surface area contributed by atoms with Crippen LogP contribution in [0.25, 0.3) is 0 Å². The normalized spacial score (nSPS) is 29.1. The summed E-state index contributed by atoms with van der Waals surface area (Å²) in [5.41, 5.74) is -0.0290. The van der Waals surface area contributed by atoms with E-state index in [0.29, 0.717) is 12.3 Å². The third kappa shape index (κ3) is 2.39. The van der Waals surface area contributed by atoms with Crippen molar-refractivity contribution in [3.8, 4) is 0 Å². The quantitative estimate of drug-likeness (QED) is 0.449. The zero-order valence-electron chi connectivity index (χ0n) is 9.72. The second kappa shape index (κ2) is 5.66. The number of methoxy groups -OCH3 is 2. The van der Waals surface area contributed by atoms with Crippen LogP contribution in [-0.4, -0.2) is 44.3 Å². The summed E-state index contributed by atoms with van der Waals surface area (Å²) >= 11 is 5.71. The Bertz CT molecular complexity index is 282. The minimum atomic E-state index is -0.824. The fraction of sp³-hybridized carbons (Fsp3) is 0.727. The Morgan fingerprint density at radius 3 is 2.81 bits per heavy atom. The van der Waals surface area contributed by atoms with Gasteiger partial charge < -0.3 is 9.47 Å². The number of halogens is 1. The lowest BCUT2D eigenvalue weighted by molar-refractivity contribution is -0.152. The number of alkyl halides is 1. The fourth-order valence-electron chi connectivity index (χ4n) is 2.18. The van der Waals surface area contributed by atoms with Gasteiger partial charge in [0.25, 0.3) is 0 Å². The molecule has 1 heterocycles. The van der Waals surface area contributed by atoms with Crippen molar-refractivity contribution in [3.63, 3.8) is 0 Å². The van der Waals surface area contributed by atoms with E-state index in [4.69, 9.17) is 21.1 Å². The van der Waals surface area contributed by atoms with Gasteiger partial charge in [-0.15, -0.1) is 11.6 Å². The molecule has 1 saturated heterocycles. The van der Waals surface area contributed by atoms with E-state index in [1.807, 2.05) is 0 Å².